The Bertz CT molecular complexity index is 539. The summed E-state index contributed by atoms with van der Waals surface area (Å²) in [5.74, 6) is -0.246. The average molecular weight is 385 g/mol. The summed E-state index contributed by atoms with van der Waals surface area (Å²) >= 11 is 3.21. The molecule has 6 heteroatoms. The molecular formula is C17H22BrFN2O2. The highest BCUT2D eigenvalue weighted by Gasteiger charge is 2.17. The topological polar surface area (TPSA) is 58.2 Å². The van der Waals surface area contributed by atoms with E-state index in [4.69, 9.17) is 0 Å². The van der Waals surface area contributed by atoms with Crippen LogP contribution in [0, 0.1) is 11.7 Å². The number of hydrogen-bond acceptors (Lipinski definition) is 2. The first-order valence-electron chi connectivity index (χ1n) is 8.01. The smallest absolute Gasteiger partial charge is 0.239 e. The van der Waals surface area contributed by atoms with Gasteiger partial charge in [0.1, 0.15) is 5.82 Å². The SMILES string of the molecule is O=C(CNC(=O)CC1CCCCC1)NCc1cc(F)cc(Br)c1. The van der Waals surface area contributed by atoms with Crippen LogP contribution in [0.5, 0.6) is 0 Å². The molecule has 2 amide bonds. The lowest BCUT2D eigenvalue weighted by Crippen LogP contribution is -2.37. The first kappa shape index (κ1) is 17.9. The number of carbonyl (C=O) groups excluding carboxylic acids is 2. The molecule has 0 aromatic heterocycles. The number of carbonyl (C=O) groups is 2. The van der Waals surface area contributed by atoms with Crippen LogP contribution in [-0.2, 0) is 16.1 Å². The van der Waals surface area contributed by atoms with E-state index in [0.29, 0.717) is 22.4 Å². The molecule has 2 rings (SSSR count). The Morgan fingerprint density at radius 3 is 2.52 bits per heavy atom. The lowest BCUT2D eigenvalue weighted by atomic mass is 9.87. The molecule has 0 unspecified atom stereocenters. The van der Waals surface area contributed by atoms with Gasteiger partial charge in [0, 0.05) is 17.4 Å². The van der Waals surface area contributed by atoms with Gasteiger partial charge in [-0.15, -0.1) is 0 Å². The molecule has 0 spiro atoms. The Balaban J connectivity index is 1.67. The fourth-order valence-electron chi connectivity index (χ4n) is 2.88. The van der Waals surface area contributed by atoms with Gasteiger partial charge >= 0.3 is 0 Å². The van der Waals surface area contributed by atoms with Crippen molar-refractivity contribution in [3.63, 3.8) is 0 Å². The van der Waals surface area contributed by atoms with Gasteiger partial charge in [-0.25, -0.2) is 4.39 Å². The summed E-state index contributed by atoms with van der Waals surface area (Å²) < 4.78 is 13.9. The molecule has 0 aliphatic heterocycles. The number of nitrogens with one attached hydrogen (secondary N) is 2. The third-order valence-corrected chi connectivity index (χ3v) is 4.51. The fourth-order valence-corrected chi connectivity index (χ4v) is 3.39. The Kier molecular flexibility index (Phi) is 7.02. The summed E-state index contributed by atoms with van der Waals surface area (Å²) in [6, 6.07) is 4.47. The van der Waals surface area contributed by atoms with Gasteiger partial charge in [0.15, 0.2) is 0 Å². The van der Waals surface area contributed by atoms with E-state index in [1.54, 1.807) is 6.07 Å². The predicted octanol–water partition coefficient (Wildman–Crippen LogP) is 3.29. The van der Waals surface area contributed by atoms with Crippen LogP contribution in [0.2, 0.25) is 0 Å². The first-order chi connectivity index (χ1) is 11.0. The second-order valence-corrected chi connectivity index (χ2v) is 6.95. The van der Waals surface area contributed by atoms with Crippen molar-refractivity contribution in [3.8, 4) is 0 Å². The second kappa shape index (κ2) is 9.01. The van der Waals surface area contributed by atoms with Crippen molar-refractivity contribution in [2.24, 2.45) is 5.92 Å². The molecule has 1 saturated carbocycles. The zero-order chi connectivity index (χ0) is 16.7. The van der Waals surface area contributed by atoms with Gasteiger partial charge in [-0.05, 0) is 42.5 Å². The minimum atomic E-state index is -0.357. The summed E-state index contributed by atoms with van der Waals surface area (Å²) in [6.07, 6.45) is 6.37. The standard InChI is InChI=1S/C17H22BrFN2O2/c18-14-6-13(7-15(19)9-14)10-20-17(23)11-21-16(22)8-12-4-2-1-3-5-12/h6-7,9,12H,1-5,8,10-11H2,(H,20,23)(H,21,22). The summed E-state index contributed by atoms with van der Waals surface area (Å²) in [5, 5.41) is 5.33. The molecule has 0 heterocycles. The van der Waals surface area contributed by atoms with E-state index >= 15 is 0 Å². The van der Waals surface area contributed by atoms with Crippen LogP contribution in [0.15, 0.2) is 22.7 Å². The van der Waals surface area contributed by atoms with Crippen LogP contribution < -0.4 is 10.6 Å². The Morgan fingerprint density at radius 2 is 1.83 bits per heavy atom. The molecule has 126 valence electrons. The van der Waals surface area contributed by atoms with Gasteiger partial charge in [0.2, 0.25) is 11.8 Å². The van der Waals surface area contributed by atoms with Crippen molar-refractivity contribution in [1.29, 1.82) is 0 Å². The van der Waals surface area contributed by atoms with Gasteiger partial charge in [-0.1, -0.05) is 35.2 Å². The van der Waals surface area contributed by atoms with E-state index in [0.717, 1.165) is 12.8 Å². The Morgan fingerprint density at radius 1 is 1.09 bits per heavy atom. The van der Waals surface area contributed by atoms with E-state index in [9.17, 15) is 14.0 Å². The highest BCUT2D eigenvalue weighted by Crippen LogP contribution is 2.25. The second-order valence-electron chi connectivity index (χ2n) is 6.04. The Labute approximate surface area is 144 Å². The molecule has 4 nitrogen and oxygen atoms in total. The number of rotatable bonds is 6. The minimum Gasteiger partial charge on any atom is -0.350 e. The number of halogens is 2. The van der Waals surface area contributed by atoms with Crippen molar-refractivity contribution in [2.75, 3.05) is 6.54 Å². The third-order valence-electron chi connectivity index (χ3n) is 4.06. The van der Waals surface area contributed by atoms with Crippen molar-refractivity contribution in [2.45, 2.75) is 45.1 Å². The maximum absolute atomic E-state index is 13.2. The van der Waals surface area contributed by atoms with E-state index in [2.05, 4.69) is 26.6 Å². The normalized spacial score (nSPS) is 15.2. The van der Waals surface area contributed by atoms with E-state index in [-0.39, 0.29) is 30.7 Å². The van der Waals surface area contributed by atoms with Crippen LogP contribution >= 0.6 is 15.9 Å². The minimum absolute atomic E-state index is 0.0396. The van der Waals surface area contributed by atoms with Crippen LogP contribution in [0.3, 0.4) is 0 Å². The van der Waals surface area contributed by atoms with Crippen molar-refractivity contribution in [1.82, 2.24) is 10.6 Å². The highest BCUT2D eigenvalue weighted by atomic mass is 79.9. The summed E-state index contributed by atoms with van der Waals surface area (Å²) in [7, 11) is 0. The number of hydrogen-bond donors (Lipinski definition) is 2. The third kappa shape index (κ3) is 6.69. The van der Waals surface area contributed by atoms with Crippen molar-refractivity contribution < 1.29 is 14.0 Å². The highest BCUT2D eigenvalue weighted by molar-refractivity contribution is 9.10. The molecule has 0 radical (unpaired) electrons. The number of amides is 2. The van der Waals surface area contributed by atoms with Gasteiger partial charge in [-0.2, -0.15) is 0 Å². The molecule has 0 bridgehead atoms. The molecule has 0 atom stereocenters. The molecule has 1 fully saturated rings. The van der Waals surface area contributed by atoms with E-state index in [1.807, 2.05) is 0 Å². The van der Waals surface area contributed by atoms with Crippen LogP contribution in [-0.4, -0.2) is 18.4 Å². The van der Waals surface area contributed by atoms with Crippen LogP contribution in [0.25, 0.3) is 0 Å². The average Bonchev–Trinajstić information content (AvgIpc) is 2.51. The zero-order valence-electron chi connectivity index (χ0n) is 13.0. The van der Waals surface area contributed by atoms with Crippen LogP contribution in [0.1, 0.15) is 44.1 Å². The Hall–Kier alpha value is -1.43. The molecule has 1 aromatic rings. The quantitative estimate of drug-likeness (QED) is 0.790. The first-order valence-corrected chi connectivity index (χ1v) is 8.80. The van der Waals surface area contributed by atoms with E-state index < -0.39 is 0 Å². The molecule has 0 saturated heterocycles. The number of benzene rings is 1. The maximum atomic E-state index is 13.2. The fraction of sp³-hybridized carbons (Fsp3) is 0.529. The lowest BCUT2D eigenvalue weighted by molar-refractivity contribution is -0.126. The van der Waals surface area contributed by atoms with Crippen molar-refractivity contribution in [3.05, 3.63) is 34.1 Å². The van der Waals surface area contributed by atoms with E-state index in [1.165, 1.54) is 31.4 Å². The molecule has 1 aliphatic carbocycles. The van der Waals surface area contributed by atoms with Crippen molar-refractivity contribution >= 4 is 27.7 Å². The van der Waals surface area contributed by atoms with Gasteiger partial charge in [0.05, 0.1) is 6.54 Å². The maximum Gasteiger partial charge on any atom is 0.239 e. The molecule has 2 N–H and O–H groups in total. The summed E-state index contributed by atoms with van der Waals surface area (Å²) in [4.78, 5) is 23.6. The molecule has 23 heavy (non-hydrogen) atoms. The lowest BCUT2D eigenvalue weighted by Gasteiger charge is -2.20. The molecule has 1 aliphatic rings. The van der Waals surface area contributed by atoms with Crippen LogP contribution in [0.4, 0.5) is 4.39 Å². The predicted molar refractivity (Wildman–Crippen MR) is 90.1 cm³/mol. The summed E-state index contributed by atoms with van der Waals surface area (Å²) in [5.41, 5.74) is 0.666. The zero-order valence-corrected chi connectivity index (χ0v) is 14.6. The molecule has 1 aromatic carbocycles. The largest absolute Gasteiger partial charge is 0.350 e. The van der Waals surface area contributed by atoms with Gasteiger partial charge in [-0.3, -0.25) is 9.59 Å². The monoisotopic (exact) mass is 384 g/mol. The molecular weight excluding hydrogens is 363 g/mol. The van der Waals surface area contributed by atoms with Gasteiger partial charge in [0.25, 0.3) is 0 Å². The van der Waals surface area contributed by atoms with Gasteiger partial charge < -0.3 is 10.6 Å². The summed E-state index contributed by atoms with van der Waals surface area (Å²) in [6.45, 7) is 0.190.